The summed E-state index contributed by atoms with van der Waals surface area (Å²) in [6, 6.07) is 5.75. The zero-order valence-electron chi connectivity index (χ0n) is 12.1. The Morgan fingerprint density at radius 2 is 2.29 bits per heavy atom. The molecule has 1 aromatic heterocycles. The van der Waals surface area contributed by atoms with Crippen LogP contribution in [-0.2, 0) is 4.74 Å². The van der Waals surface area contributed by atoms with E-state index in [9.17, 15) is 9.90 Å². The van der Waals surface area contributed by atoms with Crippen molar-refractivity contribution < 1.29 is 19.1 Å². The summed E-state index contributed by atoms with van der Waals surface area (Å²) in [5, 5.41) is 9.24. The summed E-state index contributed by atoms with van der Waals surface area (Å²) in [6.07, 6.45) is 0.912. The van der Waals surface area contributed by atoms with Gasteiger partial charge in [-0.3, -0.25) is 0 Å². The molecule has 1 aliphatic rings. The number of fused-ring (bicyclic) bond motifs is 1. The van der Waals surface area contributed by atoms with E-state index < -0.39 is 5.97 Å². The SMILES string of the molecule is CC[C@H]1COC[C@H](C)N1c1nc2c(C(=O)O)cccc2o1. The fourth-order valence-corrected chi connectivity index (χ4v) is 2.77. The third-order valence-electron chi connectivity index (χ3n) is 3.87. The average molecular weight is 290 g/mol. The van der Waals surface area contributed by atoms with E-state index >= 15 is 0 Å². The number of rotatable bonds is 3. The number of hydrogen-bond acceptors (Lipinski definition) is 5. The van der Waals surface area contributed by atoms with Crippen LogP contribution in [0.1, 0.15) is 30.6 Å². The van der Waals surface area contributed by atoms with E-state index in [2.05, 4.69) is 23.7 Å². The molecule has 1 N–H and O–H groups in total. The molecule has 1 saturated heterocycles. The molecular formula is C15H18N2O4. The minimum absolute atomic E-state index is 0.144. The second-order valence-electron chi connectivity index (χ2n) is 5.31. The fourth-order valence-electron chi connectivity index (χ4n) is 2.77. The molecule has 0 radical (unpaired) electrons. The molecule has 1 fully saturated rings. The van der Waals surface area contributed by atoms with Crippen LogP contribution in [0.25, 0.3) is 11.1 Å². The van der Waals surface area contributed by atoms with Crippen molar-refractivity contribution in [3.63, 3.8) is 0 Å². The van der Waals surface area contributed by atoms with Crippen molar-refractivity contribution in [1.82, 2.24) is 4.98 Å². The summed E-state index contributed by atoms with van der Waals surface area (Å²) in [5.74, 6) is -0.998. The number of carboxylic acid groups (broad SMARTS) is 1. The first-order valence-electron chi connectivity index (χ1n) is 7.10. The Kier molecular flexibility index (Phi) is 3.55. The van der Waals surface area contributed by atoms with Gasteiger partial charge < -0.3 is 19.2 Å². The van der Waals surface area contributed by atoms with Crippen molar-refractivity contribution in [2.24, 2.45) is 0 Å². The molecule has 2 atom stereocenters. The van der Waals surface area contributed by atoms with Gasteiger partial charge in [-0.05, 0) is 25.5 Å². The highest BCUT2D eigenvalue weighted by Gasteiger charge is 2.31. The molecule has 0 spiro atoms. The van der Waals surface area contributed by atoms with Crippen LogP contribution < -0.4 is 4.90 Å². The molecule has 6 heteroatoms. The van der Waals surface area contributed by atoms with Crippen LogP contribution in [0.15, 0.2) is 22.6 Å². The fraction of sp³-hybridized carbons (Fsp3) is 0.467. The average Bonchev–Trinajstić information content (AvgIpc) is 2.89. The number of nitrogens with zero attached hydrogens (tertiary/aromatic N) is 2. The van der Waals surface area contributed by atoms with E-state index in [4.69, 9.17) is 9.15 Å². The van der Waals surface area contributed by atoms with Gasteiger partial charge in [-0.15, -0.1) is 0 Å². The number of benzene rings is 1. The van der Waals surface area contributed by atoms with E-state index in [1.165, 1.54) is 6.07 Å². The number of morpholine rings is 1. The first-order chi connectivity index (χ1) is 10.1. The smallest absolute Gasteiger partial charge is 0.338 e. The highest BCUT2D eigenvalue weighted by Crippen LogP contribution is 2.29. The molecule has 0 saturated carbocycles. The quantitative estimate of drug-likeness (QED) is 0.936. The van der Waals surface area contributed by atoms with Crippen molar-refractivity contribution >= 4 is 23.1 Å². The topological polar surface area (TPSA) is 75.8 Å². The predicted molar refractivity (Wildman–Crippen MR) is 77.8 cm³/mol. The molecule has 0 unspecified atom stereocenters. The van der Waals surface area contributed by atoms with Crippen LogP contribution >= 0.6 is 0 Å². The molecule has 0 aliphatic carbocycles. The zero-order chi connectivity index (χ0) is 15.0. The molecule has 112 valence electrons. The minimum atomic E-state index is -0.998. The van der Waals surface area contributed by atoms with Crippen LogP contribution in [0, 0.1) is 0 Å². The van der Waals surface area contributed by atoms with Crippen molar-refractivity contribution in [3.8, 4) is 0 Å². The third-order valence-corrected chi connectivity index (χ3v) is 3.87. The standard InChI is InChI=1S/C15H18N2O4/c1-3-10-8-20-7-9(2)17(10)15-16-13-11(14(18)19)5-4-6-12(13)21-15/h4-6,9-10H,3,7-8H2,1-2H3,(H,18,19)/t9-,10-/m0/s1. The van der Waals surface area contributed by atoms with Gasteiger partial charge in [-0.25, -0.2) is 4.79 Å². The maximum Gasteiger partial charge on any atom is 0.338 e. The van der Waals surface area contributed by atoms with Gasteiger partial charge in [0.05, 0.1) is 30.9 Å². The van der Waals surface area contributed by atoms with Crippen LogP contribution in [0.5, 0.6) is 0 Å². The molecule has 1 aromatic carbocycles. The number of aromatic carboxylic acids is 1. The van der Waals surface area contributed by atoms with Crippen LogP contribution in [0.4, 0.5) is 6.01 Å². The first kappa shape index (κ1) is 13.9. The van der Waals surface area contributed by atoms with Crippen molar-refractivity contribution in [2.75, 3.05) is 18.1 Å². The van der Waals surface area contributed by atoms with Gasteiger partial charge in [0.25, 0.3) is 6.01 Å². The minimum Gasteiger partial charge on any atom is -0.478 e. The van der Waals surface area contributed by atoms with Gasteiger partial charge in [-0.2, -0.15) is 4.98 Å². The number of carbonyl (C=O) groups is 1. The summed E-state index contributed by atoms with van der Waals surface area (Å²) in [5.41, 5.74) is 1.06. The molecule has 2 aromatic rings. The number of para-hydroxylation sites is 1. The molecule has 2 heterocycles. The van der Waals surface area contributed by atoms with Gasteiger partial charge in [0.15, 0.2) is 5.58 Å². The van der Waals surface area contributed by atoms with E-state index in [1.807, 2.05) is 0 Å². The summed E-state index contributed by atoms with van der Waals surface area (Å²) in [7, 11) is 0. The van der Waals surface area contributed by atoms with E-state index in [0.717, 1.165) is 6.42 Å². The van der Waals surface area contributed by atoms with Crippen molar-refractivity contribution in [1.29, 1.82) is 0 Å². The highest BCUT2D eigenvalue weighted by atomic mass is 16.5. The lowest BCUT2D eigenvalue weighted by Crippen LogP contribution is -2.51. The van der Waals surface area contributed by atoms with E-state index in [1.54, 1.807) is 12.1 Å². The van der Waals surface area contributed by atoms with Gasteiger partial charge in [0.1, 0.15) is 5.52 Å². The van der Waals surface area contributed by atoms with Gasteiger partial charge in [-0.1, -0.05) is 13.0 Å². The van der Waals surface area contributed by atoms with Crippen LogP contribution in [0.3, 0.4) is 0 Å². The number of hydrogen-bond donors (Lipinski definition) is 1. The Morgan fingerprint density at radius 3 is 3.00 bits per heavy atom. The van der Waals surface area contributed by atoms with E-state index in [-0.39, 0.29) is 17.6 Å². The molecule has 0 bridgehead atoms. The monoisotopic (exact) mass is 290 g/mol. The second kappa shape index (κ2) is 5.37. The molecule has 3 rings (SSSR count). The van der Waals surface area contributed by atoms with Crippen molar-refractivity contribution in [2.45, 2.75) is 32.4 Å². The number of aromatic nitrogens is 1. The summed E-state index contributed by atoms with van der Waals surface area (Å²) < 4.78 is 11.4. The Bertz CT molecular complexity index is 667. The van der Waals surface area contributed by atoms with Crippen LogP contribution in [0.2, 0.25) is 0 Å². The number of anilines is 1. The molecule has 6 nitrogen and oxygen atoms in total. The number of ether oxygens (including phenoxy) is 1. The maximum atomic E-state index is 11.3. The summed E-state index contributed by atoms with van der Waals surface area (Å²) in [6.45, 7) is 5.38. The predicted octanol–water partition coefficient (Wildman–Crippen LogP) is 2.53. The molecular weight excluding hydrogens is 272 g/mol. The Morgan fingerprint density at radius 1 is 1.48 bits per heavy atom. The zero-order valence-corrected chi connectivity index (χ0v) is 12.1. The van der Waals surface area contributed by atoms with Crippen LogP contribution in [-0.4, -0.2) is 41.4 Å². The highest BCUT2D eigenvalue weighted by molar-refractivity contribution is 6.00. The summed E-state index contributed by atoms with van der Waals surface area (Å²) >= 11 is 0. The normalized spacial score (nSPS) is 22.7. The lowest BCUT2D eigenvalue weighted by atomic mass is 10.1. The Labute approximate surface area is 122 Å². The molecule has 21 heavy (non-hydrogen) atoms. The Hall–Kier alpha value is -2.08. The van der Waals surface area contributed by atoms with Gasteiger partial charge >= 0.3 is 5.97 Å². The van der Waals surface area contributed by atoms with Gasteiger partial charge in [0.2, 0.25) is 0 Å². The number of carboxylic acids is 1. The Balaban J connectivity index is 2.07. The third kappa shape index (κ3) is 2.35. The van der Waals surface area contributed by atoms with Crippen molar-refractivity contribution in [3.05, 3.63) is 23.8 Å². The largest absolute Gasteiger partial charge is 0.478 e. The lowest BCUT2D eigenvalue weighted by molar-refractivity contribution is 0.0669. The van der Waals surface area contributed by atoms with Gasteiger partial charge in [0, 0.05) is 0 Å². The molecule has 1 aliphatic heterocycles. The number of oxazole rings is 1. The summed E-state index contributed by atoms with van der Waals surface area (Å²) in [4.78, 5) is 17.8. The maximum absolute atomic E-state index is 11.3. The second-order valence-corrected chi connectivity index (χ2v) is 5.31. The molecule has 0 amide bonds. The van der Waals surface area contributed by atoms with E-state index in [0.29, 0.717) is 30.3 Å². The lowest BCUT2D eigenvalue weighted by Gasteiger charge is -2.38. The first-order valence-corrected chi connectivity index (χ1v) is 7.10.